The van der Waals surface area contributed by atoms with Crippen molar-refractivity contribution in [2.75, 3.05) is 20.2 Å². The molecule has 8 nitrogen and oxygen atoms in total. The van der Waals surface area contributed by atoms with Crippen molar-refractivity contribution in [2.24, 2.45) is 0 Å². The number of thiophene rings is 1. The molecule has 29 heavy (non-hydrogen) atoms. The maximum absolute atomic E-state index is 12.7. The van der Waals surface area contributed by atoms with Gasteiger partial charge in [0, 0.05) is 24.0 Å². The zero-order valence-electron chi connectivity index (χ0n) is 15.4. The van der Waals surface area contributed by atoms with Gasteiger partial charge in [-0.05, 0) is 36.4 Å². The van der Waals surface area contributed by atoms with Crippen LogP contribution in [0, 0.1) is 0 Å². The Balaban J connectivity index is 1.82. The number of carbonyl (C=O) groups excluding carboxylic acids is 3. The molecule has 1 amide bonds. The summed E-state index contributed by atoms with van der Waals surface area (Å²) in [7, 11) is -2.76. The second-order valence-electron chi connectivity index (χ2n) is 6.20. The zero-order valence-corrected chi connectivity index (χ0v) is 17.0. The van der Waals surface area contributed by atoms with E-state index in [1.807, 2.05) is 0 Å². The van der Waals surface area contributed by atoms with Gasteiger partial charge in [0.25, 0.3) is 5.91 Å². The van der Waals surface area contributed by atoms with Crippen LogP contribution in [0.4, 0.5) is 0 Å². The third-order valence-corrected chi connectivity index (χ3v) is 7.28. The smallest absolute Gasteiger partial charge is 0.261 e. The summed E-state index contributed by atoms with van der Waals surface area (Å²) in [5.74, 6) is -1.60. The highest BCUT2D eigenvalue weighted by atomic mass is 32.2. The number of nitrogens with one attached hydrogen (secondary N) is 1. The molecule has 1 aromatic heterocycles. The number of aliphatic hydroxyl groups is 1. The van der Waals surface area contributed by atoms with Crippen molar-refractivity contribution in [3.63, 3.8) is 0 Å². The lowest BCUT2D eigenvalue weighted by atomic mass is 10.00. The van der Waals surface area contributed by atoms with Crippen LogP contribution in [0.15, 0.2) is 47.4 Å². The molecule has 3 rings (SSSR count). The Morgan fingerprint density at radius 2 is 1.97 bits per heavy atom. The highest BCUT2D eigenvalue weighted by molar-refractivity contribution is 7.89. The van der Waals surface area contributed by atoms with E-state index >= 15 is 0 Å². The molecule has 1 unspecified atom stereocenters. The molecule has 2 N–H and O–H groups in total. The van der Waals surface area contributed by atoms with Gasteiger partial charge in [0.1, 0.15) is 0 Å². The van der Waals surface area contributed by atoms with E-state index in [-0.39, 0.29) is 29.5 Å². The summed E-state index contributed by atoms with van der Waals surface area (Å²) in [4.78, 5) is 38.1. The lowest BCUT2D eigenvalue weighted by Crippen LogP contribution is -2.50. The molecule has 2 aromatic rings. The minimum atomic E-state index is -3.96. The first-order valence-electron chi connectivity index (χ1n) is 8.59. The maximum Gasteiger partial charge on any atom is 0.261 e. The molecule has 152 valence electrons. The zero-order chi connectivity index (χ0) is 21.2. The fraction of sp³-hybridized carbons (Fsp3) is 0.211. The Kier molecular flexibility index (Phi) is 6.08. The van der Waals surface area contributed by atoms with Gasteiger partial charge in [-0.2, -0.15) is 4.31 Å². The van der Waals surface area contributed by atoms with Gasteiger partial charge in [-0.3, -0.25) is 14.4 Å². The average Bonchev–Trinajstić information content (AvgIpc) is 3.18. The highest BCUT2D eigenvalue weighted by Crippen LogP contribution is 2.29. The van der Waals surface area contributed by atoms with Crippen LogP contribution in [-0.2, 0) is 14.8 Å². The lowest BCUT2D eigenvalue weighted by molar-refractivity contribution is -0.116. The van der Waals surface area contributed by atoms with E-state index in [1.54, 1.807) is 18.2 Å². The third kappa shape index (κ3) is 4.06. The number of sulfonamides is 1. The van der Waals surface area contributed by atoms with Crippen molar-refractivity contribution in [1.29, 1.82) is 0 Å². The van der Waals surface area contributed by atoms with E-state index in [2.05, 4.69) is 5.32 Å². The summed E-state index contributed by atoms with van der Waals surface area (Å²) in [5.41, 5.74) is -0.00341. The van der Waals surface area contributed by atoms with E-state index in [0.717, 1.165) is 21.7 Å². The Bertz CT molecular complexity index is 1100. The monoisotopic (exact) mass is 434 g/mol. The maximum atomic E-state index is 12.7. The molecule has 1 aliphatic rings. The van der Waals surface area contributed by atoms with E-state index < -0.39 is 27.6 Å². The van der Waals surface area contributed by atoms with Crippen LogP contribution in [0.1, 0.15) is 24.9 Å². The summed E-state index contributed by atoms with van der Waals surface area (Å²) >= 11 is 1.12. The average molecular weight is 434 g/mol. The molecule has 1 aromatic carbocycles. The molecule has 0 bridgehead atoms. The quantitative estimate of drug-likeness (QED) is 0.516. The van der Waals surface area contributed by atoms with Gasteiger partial charge in [-0.15, -0.1) is 11.3 Å². The topological polar surface area (TPSA) is 121 Å². The third-order valence-electron chi connectivity index (χ3n) is 4.35. The molecule has 2 heterocycles. The number of nitrogens with zero attached hydrogens (tertiary/aromatic N) is 1. The van der Waals surface area contributed by atoms with Gasteiger partial charge in [0.05, 0.1) is 16.4 Å². The van der Waals surface area contributed by atoms with Crippen molar-refractivity contribution in [1.82, 2.24) is 9.62 Å². The molecule has 1 atom stereocenters. The van der Waals surface area contributed by atoms with Gasteiger partial charge in [0.15, 0.2) is 17.6 Å². The lowest BCUT2D eigenvalue weighted by Gasteiger charge is -2.30. The molecule has 0 aliphatic carbocycles. The van der Waals surface area contributed by atoms with Gasteiger partial charge in [0.2, 0.25) is 10.0 Å². The summed E-state index contributed by atoms with van der Waals surface area (Å²) < 4.78 is 26.1. The summed E-state index contributed by atoms with van der Waals surface area (Å²) in [6, 6.07) is 7.52. The Labute approximate surface area is 171 Å². The summed E-state index contributed by atoms with van der Waals surface area (Å²) in [5, 5.41) is 11.3. The van der Waals surface area contributed by atoms with Crippen molar-refractivity contribution < 1.29 is 27.9 Å². The molecular weight excluding hydrogens is 416 g/mol. The normalized spacial score (nSPS) is 18.6. The van der Waals surface area contributed by atoms with Crippen LogP contribution in [0.2, 0.25) is 0 Å². The number of fused-ring (bicyclic) bond motifs is 1. The largest absolute Gasteiger partial charge is 0.395 e. The second kappa shape index (κ2) is 8.37. The Morgan fingerprint density at radius 3 is 2.69 bits per heavy atom. The van der Waals surface area contributed by atoms with Gasteiger partial charge >= 0.3 is 0 Å². The highest BCUT2D eigenvalue weighted by Gasteiger charge is 2.44. The number of ketones is 2. The number of likely N-dealkylation sites (N-methyl/N-ethyl adjacent to an activating group) is 1. The van der Waals surface area contributed by atoms with Crippen LogP contribution in [0.5, 0.6) is 0 Å². The first-order valence-corrected chi connectivity index (χ1v) is 10.8. The van der Waals surface area contributed by atoms with Crippen molar-refractivity contribution in [3.05, 3.63) is 57.8 Å². The Hall–Kier alpha value is -2.66. The van der Waals surface area contributed by atoms with Crippen LogP contribution >= 0.6 is 11.3 Å². The predicted molar refractivity (Wildman–Crippen MR) is 107 cm³/mol. The fourth-order valence-electron chi connectivity index (χ4n) is 2.89. The van der Waals surface area contributed by atoms with E-state index in [1.165, 1.54) is 31.3 Å². The van der Waals surface area contributed by atoms with Gasteiger partial charge < -0.3 is 10.4 Å². The minimum Gasteiger partial charge on any atom is -0.395 e. The Morgan fingerprint density at radius 1 is 1.24 bits per heavy atom. The number of carbonyl (C=O) groups is 3. The number of hydrogen-bond acceptors (Lipinski definition) is 7. The number of rotatable bonds is 6. The molecule has 1 aliphatic heterocycles. The van der Waals surface area contributed by atoms with E-state index in [9.17, 15) is 22.8 Å². The molecule has 0 radical (unpaired) electrons. The van der Waals surface area contributed by atoms with Crippen molar-refractivity contribution in [2.45, 2.75) is 10.9 Å². The molecule has 0 saturated carbocycles. The molecule has 0 saturated heterocycles. The van der Waals surface area contributed by atoms with Crippen LogP contribution in [-0.4, -0.2) is 61.5 Å². The molecule has 0 spiro atoms. The van der Waals surface area contributed by atoms with E-state index in [0.29, 0.717) is 9.75 Å². The first-order chi connectivity index (χ1) is 13.8. The van der Waals surface area contributed by atoms with E-state index in [4.69, 9.17) is 5.11 Å². The van der Waals surface area contributed by atoms with Gasteiger partial charge in [-0.1, -0.05) is 12.1 Å². The van der Waals surface area contributed by atoms with Crippen molar-refractivity contribution in [3.8, 4) is 0 Å². The van der Waals surface area contributed by atoms with Crippen LogP contribution < -0.4 is 5.32 Å². The number of Topliss-reactive ketones (excluding diaryl/α,β-unsaturated/α-hetero) is 1. The number of aliphatic hydroxyl groups excluding tert-OH is 1. The van der Waals surface area contributed by atoms with Gasteiger partial charge in [-0.25, -0.2) is 8.42 Å². The molecule has 0 fully saturated rings. The molecular formula is C19H18N2O6S2. The predicted octanol–water partition coefficient (Wildman–Crippen LogP) is 0.938. The molecule has 10 heteroatoms. The van der Waals surface area contributed by atoms with Crippen molar-refractivity contribution >= 4 is 44.9 Å². The second-order valence-corrected chi connectivity index (χ2v) is 9.28. The number of benzene rings is 1. The number of hydrogen-bond donors (Lipinski definition) is 2. The van der Waals surface area contributed by atoms with Crippen LogP contribution in [0.3, 0.4) is 0 Å². The minimum absolute atomic E-state index is 0.00341. The fourth-order valence-corrected chi connectivity index (χ4v) is 5.20. The van der Waals surface area contributed by atoms with Crippen LogP contribution in [0.25, 0.3) is 6.08 Å². The SMILES string of the molecule is CN1C(C(=O)C=Cc2ccc(C(=O)NCCO)s2)C(=O)c2ccccc2S1(=O)=O. The summed E-state index contributed by atoms with van der Waals surface area (Å²) in [6.45, 7) is -0.0419. The summed E-state index contributed by atoms with van der Waals surface area (Å²) in [6.07, 6.45) is 2.58. The first kappa shape index (κ1) is 21.1. The standard InChI is InChI=1S/C19H18N2O6S2/c1-21-17(18(24)13-4-2-3-5-16(13)29(21,26)27)14(23)8-6-12-7-9-15(28-12)19(25)20-10-11-22/h2-9,17,22H,10-11H2,1H3,(H,20,25). The number of amides is 1.